The number of sulfonamides is 1. The molecule has 4 rings (SSSR count). The summed E-state index contributed by atoms with van der Waals surface area (Å²) in [5, 5.41) is 8.12. The summed E-state index contributed by atoms with van der Waals surface area (Å²) in [6.45, 7) is 2.56. The van der Waals surface area contributed by atoms with Crippen molar-refractivity contribution in [3.05, 3.63) is 40.9 Å². The van der Waals surface area contributed by atoms with Gasteiger partial charge in [0.2, 0.25) is 0 Å². The van der Waals surface area contributed by atoms with Crippen LogP contribution in [-0.2, 0) is 17.1 Å². The van der Waals surface area contributed by atoms with Crippen molar-refractivity contribution in [2.45, 2.75) is 37.5 Å². The summed E-state index contributed by atoms with van der Waals surface area (Å²) in [6.07, 6.45) is 3.60. The van der Waals surface area contributed by atoms with Crippen molar-refractivity contribution in [2.24, 2.45) is 12.0 Å². The first-order chi connectivity index (χ1) is 14.3. The second kappa shape index (κ2) is 8.19. The molecule has 0 fully saturated rings. The monoisotopic (exact) mass is 445 g/mol. The van der Waals surface area contributed by atoms with E-state index >= 15 is 0 Å². The van der Waals surface area contributed by atoms with Crippen molar-refractivity contribution in [1.82, 2.24) is 14.5 Å². The van der Waals surface area contributed by atoms with E-state index in [2.05, 4.69) is 20.1 Å². The van der Waals surface area contributed by atoms with Gasteiger partial charge < -0.3 is 5.32 Å². The quantitative estimate of drug-likeness (QED) is 0.642. The van der Waals surface area contributed by atoms with Gasteiger partial charge in [-0.1, -0.05) is 6.42 Å². The van der Waals surface area contributed by atoms with E-state index in [0.717, 1.165) is 35.2 Å². The lowest BCUT2D eigenvalue weighted by atomic mass is 10.2. The van der Waals surface area contributed by atoms with Crippen molar-refractivity contribution in [3.8, 4) is 0 Å². The zero-order valence-electron chi connectivity index (χ0n) is 16.8. The third-order valence-electron chi connectivity index (χ3n) is 4.97. The van der Waals surface area contributed by atoms with Gasteiger partial charge in [0.25, 0.3) is 15.9 Å². The van der Waals surface area contributed by atoms with Gasteiger partial charge in [-0.05, 0) is 50.1 Å². The molecule has 0 unspecified atom stereocenters. The third kappa shape index (κ3) is 4.24. The second-order valence-corrected chi connectivity index (χ2v) is 9.97. The van der Waals surface area contributed by atoms with E-state index in [-0.39, 0.29) is 10.8 Å². The van der Waals surface area contributed by atoms with E-state index in [1.54, 1.807) is 16.8 Å². The van der Waals surface area contributed by atoms with Crippen LogP contribution < -0.4 is 10.0 Å². The molecule has 2 N–H and O–H groups in total. The minimum atomic E-state index is -3.69. The molecule has 1 amide bonds. The Balaban J connectivity index is 1.46. The predicted molar refractivity (Wildman–Crippen MR) is 119 cm³/mol. The number of carbonyl (C=O) groups is 1. The van der Waals surface area contributed by atoms with Gasteiger partial charge in [0.1, 0.15) is 10.7 Å². The number of amides is 1. The summed E-state index contributed by atoms with van der Waals surface area (Å²) in [7, 11) is -1.85. The topological polar surface area (TPSA) is 105 Å². The molecule has 2 aromatic heterocycles. The summed E-state index contributed by atoms with van der Waals surface area (Å²) in [4.78, 5) is 18.6. The maximum absolute atomic E-state index is 12.6. The van der Waals surface area contributed by atoms with Gasteiger partial charge in [-0.25, -0.2) is 8.42 Å². The average molecular weight is 446 g/mol. The lowest BCUT2D eigenvalue weighted by Crippen LogP contribution is -2.30. The Bertz CT molecular complexity index is 1190. The fourth-order valence-electron chi connectivity index (χ4n) is 3.40. The zero-order valence-corrected chi connectivity index (χ0v) is 18.4. The number of hydrogen-bond donors (Lipinski definition) is 2. The van der Waals surface area contributed by atoms with E-state index < -0.39 is 10.0 Å². The molecule has 1 aliphatic rings. The predicted octanol–water partition coefficient (Wildman–Crippen LogP) is 3.45. The van der Waals surface area contributed by atoms with E-state index in [9.17, 15) is 13.2 Å². The molecule has 0 aliphatic carbocycles. The third-order valence-corrected chi connectivity index (χ3v) is 7.57. The van der Waals surface area contributed by atoms with Crippen LogP contribution in [0, 0.1) is 6.92 Å². The molecule has 1 aliphatic heterocycles. The van der Waals surface area contributed by atoms with Crippen LogP contribution in [0.25, 0.3) is 10.2 Å². The van der Waals surface area contributed by atoms with E-state index in [4.69, 9.17) is 0 Å². The number of hydrogen-bond acceptors (Lipinski definition) is 6. The van der Waals surface area contributed by atoms with Gasteiger partial charge in [-0.2, -0.15) is 5.10 Å². The number of amidine groups is 1. The highest BCUT2D eigenvalue weighted by Crippen LogP contribution is 2.28. The first kappa shape index (κ1) is 20.5. The Labute approximate surface area is 179 Å². The molecule has 3 heterocycles. The lowest BCUT2D eigenvalue weighted by molar-refractivity contribution is 0.103. The van der Waals surface area contributed by atoms with Gasteiger partial charge in [0, 0.05) is 31.1 Å². The molecule has 1 aromatic carbocycles. The van der Waals surface area contributed by atoms with Gasteiger partial charge in [-0.15, -0.1) is 11.3 Å². The highest BCUT2D eigenvalue weighted by molar-refractivity contribution is 7.90. The average Bonchev–Trinajstić information content (AvgIpc) is 3.15. The summed E-state index contributed by atoms with van der Waals surface area (Å²) in [5.74, 6) is 0.275. The number of aryl methyl sites for hydroxylation is 2. The van der Waals surface area contributed by atoms with Crippen LogP contribution in [0.15, 0.2) is 40.2 Å². The summed E-state index contributed by atoms with van der Waals surface area (Å²) in [6, 6.07) is 7.96. The summed E-state index contributed by atoms with van der Waals surface area (Å²) in [5.41, 5.74) is 1.40. The Kier molecular flexibility index (Phi) is 5.61. The van der Waals surface area contributed by atoms with Crippen molar-refractivity contribution in [2.75, 3.05) is 11.9 Å². The molecule has 3 aromatic rings. The highest BCUT2D eigenvalue weighted by atomic mass is 32.2. The van der Waals surface area contributed by atoms with Gasteiger partial charge in [0.15, 0.2) is 0 Å². The van der Waals surface area contributed by atoms with Crippen LogP contribution in [0.2, 0.25) is 0 Å². The molecule has 30 heavy (non-hydrogen) atoms. The number of thiophene rings is 1. The number of nitrogens with one attached hydrogen (secondary N) is 2. The maximum Gasteiger partial charge on any atom is 0.265 e. The Hall–Kier alpha value is -2.72. The fraction of sp³-hybridized carbons (Fsp3) is 0.350. The maximum atomic E-state index is 12.6. The number of anilines is 1. The Morgan fingerprint density at radius 3 is 2.67 bits per heavy atom. The smallest absolute Gasteiger partial charge is 0.265 e. The van der Waals surface area contributed by atoms with Crippen LogP contribution in [0.3, 0.4) is 0 Å². The molecule has 8 nitrogen and oxygen atoms in total. The summed E-state index contributed by atoms with van der Waals surface area (Å²) >= 11 is 1.37. The van der Waals surface area contributed by atoms with Gasteiger partial charge in [-0.3, -0.25) is 19.2 Å². The number of aliphatic imine (C=N–C) groups is 1. The van der Waals surface area contributed by atoms with Crippen LogP contribution in [0.4, 0.5) is 5.69 Å². The molecule has 0 spiro atoms. The van der Waals surface area contributed by atoms with E-state index in [1.165, 1.54) is 23.5 Å². The fourth-order valence-corrected chi connectivity index (χ4v) is 5.51. The largest absolute Gasteiger partial charge is 0.321 e. The molecule has 0 atom stereocenters. The number of rotatable bonds is 4. The number of aromatic nitrogens is 2. The molecule has 0 saturated heterocycles. The SMILES string of the molecule is Cc1nn(C)c2sc(C(=O)Nc3ccc(S(=O)(=O)NC4=NCCCCC4)cc3)cc12. The molecule has 0 radical (unpaired) electrons. The van der Waals surface area contributed by atoms with Crippen LogP contribution in [-0.4, -0.2) is 36.5 Å². The first-order valence-corrected chi connectivity index (χ1v) is 12.0. The standard InChI is InChI=1S/C20H23N5O3S2/c1-13-16-12-17(29-20(16)25(2)23-13)19(26)22-14-7-9-15(10-8-14)30(27,28)24-18-6-4-3-5-11-21-18/h7-10,12H,3-6,11H2,1-2H3,(H,21,24)(H,22,26). The van der Waals surface area contributed by atoms with Gasteiger partial charge >= 0.3 is 0 Å². The molecule has 0 bridgehead atoms. The van der Waals surface area contributed by atoms with Crippen molar-refractivity contribution >= 4 is 49.0 Å². The zero-order chi connectivity index (χ0) is 21.3. The Morgan fingerprint density at radius 1 is 1.17 bits per heavy atom. The van der Waals surface area contributed by atoms with E-state index in [0.29, 0.717) is 29.4 Å². The number of fused-ring (bicyclic) bond motifs is 1. The van der Waals surface area contributed by atoms with Crippen molar-refractivity contribution < 1.29 is 13.2 Å². The van der Waals surface area contributed by atoms with E-state index in [1.807, 2.05) is 20.0 Å². The normalized spacial score (nSPS) is 14.9. The number of carbonyl (C=O) groups excluding carboxylic acids is 1. The first-order valence-electron chi connectivity index (χ1n) is 9.74. The second-order valence-electron chi connectivity index (χ2n) is 7.26. The van der Waals surface area contributed by atoms with Crippen LogP contribution in [0.5, 0.6) is 0 Å². The van der Waals surface area contributed by atoms with Crippen LogP contribution in [0.1, 0.15) is 41.0 Å². The highest BCUT2D eigenvalue weighted by Gasteiger charge is 2.18. The molecule has 158 valence electrons. The summed E-state index contributed by atoms with van der Waals surface area (Å²) < 4.78 is 29.6. The van der Waals surface area contributed by atoms with Crippen molar-refractivity contribution in [3.63, 3.8) is 0 Å². The molecule has 10 heteroatoms. The number of nitrogens with zero attached hydrogens (tertiary/aromatic N) is 3. The minimum Gasteiger partial charge on any atom is -0.321 e. The van der Waals surface area contributed by atoms with Gasteiger partial charge in [0.05, 0.1) is 15.5 Å². The van der Waals surface area contributed by atoms with Crippen molar-refractivity contribution in [1.29, 1.82) is 0 Å². The van der Waals surface area contributed by atoms with Crippen LogP contribution >= 0.6 is 11.3 Å². The number of benzene rings is 1. The lowest BCUT2D eigenvalue weighted by Gasteiger charge is -2.10. The molecule has 0 saturated carbocycles. The Morgan fingerprint density at radius 2 is 1.93 bits per heavy atom. The molecular weight excluding hydrogens is 422 g/mol. The molecular formula is C20H23N5O3S2. The minimum absolute atomic E-state index is 0.135.